The lowest BCUT2D eigenvalue weighted by atomic mass is 10.0. The number of nitrogens with zero attached hydrogens (tertiary/aromatic N) is 4. The molecule has 192 valence electrons. The highest BCUT2D eigenvalue weighted by atomic mass is 28.3. The first-order valence-corrected chi connectivity index (χ1v) is 16.8. The first-order valence-electron chi connectivity index (χ1n) is 13.1. The van der Waals surface area contributed by atoms with Crippen molar-refractivity contribution < 1.29 is 4.74 Å². The number of nitrogens with one attached hydrogen (secondary N) is 1. The minimum absolute atomic E-state index is 0.00361. The van der Waals surface area contributed by atoms with E-state index < -0.39 is 8.07 Å². The molecule has 3 aromatic heterocycles. The van der Waals surface area contributed by atoms with Gasteiger partial charge in [0.05, 0.1) is 29.1 Å². The predicted octanol–water partition coefficient (Wildman–Crippen LogP) is 5.44. The van der Waals surface area contributed by atoms with E-state index in [1.165, 1.54) is 5.56 Å². The molecule has 1 aromatic carbocycles. The van der Waals surface area contributed by atoms with Crippen molar-refractivity contribution in [1.29, 1.82) is 5.26 Å². The molecule has 0 unspecified atom stereocenters. The smallest absolute Gasteiger partial charge is 0.191 e. The first kappa shape index (κ1) is 25.4. The van der Waals surface area contributed by atoms with Crippen LogP contribution in [-0.4, -0.2) is 47.2 Å². The fraction of sp³-hybridized carbons (Fsp3) is 0.414. The minimum Gasteiger partial charge on any atom is -0.376 e. The van der Waals surface area contributed by atoms with Crippen LogP contribution in [0.4, 0.5) is 0 Å². The number of fused-ring (bicyclic) bond motifs is 3. The number of pyridine rings is 2. The van der Waals surface area contributed by atoms with Crippen LogP contribution in [0.15, 0.2) is 53.6 Å². The number of hydrogen-bond donors (Lipinski definition) is 1. The molecule has 37 heavy (non-hydrogen) atoms. The zero-order valence-corrected chi connectivity index (χ0v) is 23.0. The van der Waals surface area contributed by atoms with Crippen molar-refractivity contribution in [1.82, 2.24) is 19.4 Å². The number of likely N-dealkylation sites (tertiary alicyclic amines) is 1. The van der Waals surface area contributed by atoms with Crippen LogP contribution < -0.4 is 5.43 Å². The molecule has 0 amide bonds. The Hall–Kier alpha value is -3.25. The van der Waals surface area contributed by atoms with Gasteiger partial charge >= 0.3 is 0 Å². The molecular formula is C29H35N5O2Si. The molecule has 0 radical (unpaired) electrons. The summed E-state index contributed by atoms with van der Waals surface area (Å²) in [5.41, 5.74) is 4.64. The number of nitriles is 1. The van der Waals surface area contributed by atoms with Crippen molar-refractivity contribution >= 4 is 30.0 Å². The molecular weight excluding hydrogens is 478 g/mol. The molecule has 4 heterocycles. The first-order chi connectivity index (χ1) is 17.8. The summed E-state index contributed by atoms with van der Waals surface area (Å²) in [6, 6.07) is 15.2. The number of aromatic amines is 1. The Morgan fingerprint density at radius 2 is 1.89 bits per heavy atom. The van der Waals surface area contributed by atoms with Crippen molar-refractivity contribution in [2.24, 2.45) is 0 Å². The average Bonchev–Trinajstić information content (AvgIpc) is 3.37. The lowest BCUT2D eigenvalue weighted by Gasteiger charge is -2.35. The normalized spacial score (nSPS) is 15.4. The number of benzene rings is 1. The van der Waals surface area contributed by atoms with E-state index in [4.69, 9.17) is 10.00 Å². The largest absolute Gasteiger partial charge is 0.376 e. The van der Waals surface area contributed by atoms with Crippen LogP contribution in [0, 0.1) is 11.3 Å². The molecule has 0 bridgehead atoms. The molecule has 7 nitrogen and oxygen atoms in total. The van der Waals surface area contributed by atoms with Crippen LogP contribution in [0.25, 0.3) is 21.9 Å². The summed E-state index contributed by atoms with van der Waals surface area (Å²) in [4.78, 5) is 23.3. The summed E-state index contributed by atoms with van der Waals surface area (Å²) in [5, 5.41) is 10.7. The van der Waals surface area contributed by atoms with Gasteiger partial charge in [-0.25, -0.2) is 4.98 Å². The van der Waals surface area contributed by atoms with Gasteiger partial charge in [0.25, 0.3) is 0 Å². The van der Waals surface area contributed by atoms with Gasteiger partial charge in [-0.15, -0.1) is 0 Å². The number of ether oxygens (including phenoxy) is 1. The molecule has 0 saturated carbocycles. The molecule has 0 aliphatic carbocycles. The number of aromatic nitrogens is 3. The molecule has 1 aliphatic rings. The Labute approximate surface area is 218 Å². The lowest BCUT2D eigenvalue weighted by molar-refractivity contribution is 0.121. The van der Waals surface area contributed by atoms with E-state index >= 15 is 0 Å². The fourth-order valence-electron chi connectivity index (χ4n) is 5.24. The van der Waals surface area contributed by atoms with Crippen LogP contribution >= 0.6 is 0 Å². The summed E-state index contributed by atoms with van der Waals surface area (Å²) in [6.07, 6.45) is 5.58. The van der Waals surface area contributed by atoms with Crippen molar-refractivity contribution in [3.63, 3.8) is 0 Å². The van der Waals surface area contributed by atoms with Gasteiger partial charge in [0.2, 0.25) is 0 Å². The van der Waals surface area contributed by atoms with Crippen molar-refractivity contribution in [2.75, 3.05) is 19.7 Å². The van der Waals surface area contributed by atoms with Gasteiger partial charge in [-0.2, -0.15) is 5.26 Å². The Morgan fingerprint density at radius 1 is 1.14 bits per heavy atom. The van der Waals surface area contributed by atoms with E-state index in [-0.39, 0.29) is 11.5 Å². The third-order valence-electron chi connectivity index (χ3n) is 7.33. The predicted molar refractivity (Wildman–Crippen MR) is 150 cm³/mol. The average molecular weight is 514 g/mol. The monoisotopic (exact) mass is 513 g/mol. The van der Waals surface area contributed by atoms with E-state index in [1.807, 2.05) is 36.5 Å². The van der Waals surface area contributed by atoms with Crippen molar-refractivity contribution in [3.05, 3.63) is 75.8 Å². The van der Waals surface area contributed by atoms with E-state index in [2.05, 4.69) is 45.1 Å². The molecule has 4 aromatic rings. The molecule has 8 heteroatoms. The quantitative estimate of drug-likeness (QED) is 0.250. The highest BCUT2D eigenvalue weighted by molar-refractivity contribution is 6.76. The Bertz CT molecular complexity index is 1490. The molecule has 5 rings (SSSR count). The standard InChI is InChI=1S/C29H35N5O2Si/c1-37(2,3)15-14-36-20-24-16-27(35)26-18-32-29-25(8-11-31-29)28(26)34(24)23-9-12-33(13-10-23)19-22-6-4-21(17-30)5-7-22/h4-8,11,16,18,23H,9-10,12-15,19-20H2,1-3H3,(H,31,32). The summed E-state index contributed by atoms with van der Waals surface area (Å²) in [6.45, 7) is 11.0. The van der Waals surface area contributed by atoms with Crippen LogP contribution in [0.1, 0.15) is 35.7 Å². The van der Waals surface area contributed by atoms with E-state index in [1.54, 1.807) is 12.3 Å². The molecule has 1 aliphatic heterocycles. The summed E-state index contributed by atoms with van der Waals surface area (Å²) >= 11 is 0. The number of piperidine rings is 1. The van der Waals surface area contributed by atoms with Gasteiger partial charge in [-0.05, 0) is 42.6 Å². The zero-order valence-electron chi connectivity index (χ0n) is 22.0. The van der Waals surface area contributed by atoms with Crippen LogP contribution in [0.2, 0.25) is 25.7 Å². The third kappa shape index (κ3) is 5.69. The Balaban J connectivity index is 1.42. The van der Waals surface area contributed by atoms with Crippen molar-refractivity contribution in [3.8, 4) is 6.07 Å². The number of H-pyrrole nitrogens is 1. The lowest BCUT2D eigenvalue weighted by Crippen LogP contribution is -2.35. The third-order valence-corrected chi connectivity index (χ3v) is 9.03. The summed E-state index contributed by atoms with van der Waals surface area (Å²) < 4.78 is 8.54. The highest BCUT2D eigenvalue weighted by Gasteiger charge is 2.25. The Morgan fingerprint density at radius 3 is 2.59 bits per heavy atom. The van der Waals surface area contributed by atoms with Gasteiger partial charge in [0.1, 0.15) is 5.65 Å². The second kappa shape index (κ2) is 10.6. The number of rotatable bonds is 8. The fourth-order valence-corrected chi connectivity index (χ4v) is 5.99. The maximum Gasteiger partial charge on any atom is 0.191 e. The van der Waals surface area contributed by atoms with E-state index in [9.17, 15) is 4.79 Å². The SMILES string of the molecule is C[Si](C)(C)CCOCc1cc(=O)c2cnc3[nH]ccc3c2n1C1CCN(Cc2ccc(C#N)cc2)CC1. The maximum atomic E-state index is 13.2. The van der Waals surface area contributed by atoms with Crippen LogP contribution in [0.5, 0.6) is 0 Å². The molecule has 1 fully saturated rings. The number of hydrogen-bond acceptors (Lipinski definition) is 5. The second-order valence-electron chi connectivity index (χ2n) is 11.3. The van der Waals surface area contributed by atoms with Crippen LogP contribution in [0.3, 0.4) is 0 Å². The highest BCUT2D eigenvalue weighted by Crippen LogP contribution is 2.31. The molecule has 0 atom stereocenters. The van der Waals surface area contributed by atoms with Gasteiger partial charge in [-0.3, -0.25) is 9.69 Å². The van der Waals surface area contributed by atoms with Gasteiger partial charge < -0.3 is 14.3 Å². The molecule has 1 N–H and O–H groups in total. The van der Waals surface area contributed by atoms with Crippen molar-refractivity contribution in [2.45, 2.75) is 57.7 Å². The van der Waals surface area contributed by atoms with Gasteiger partial charge in [0.15, 0.2) is 5.43 Å². The minimum atomic E-state index is -1.20. The van der Waals surface area contributed by atoms with E-state index in [0.717, 1.165) is 67.4 Å². The topological polar surface area (TPSA) is 86.9 Å². The maximum absolute atomic E-state index is 13.2. The van der Waals surface area contributed by atoms with Gasteiger partial charge in [-0.1, -0.05) is 31.8 Å². The van der Waals surface area contributed by atoms with Crippen LogP contribution in [-0.2, 0) is 17.9 Å². The molecule has 1 saturated heterocycles. The van der Waals surface area contributed by atoms with Gasteiger partial charge in [0, 0.05) is 69.9 Å². The summed E-state index contributed by atoms with van der Waals surface area (Å²) in [7, 11) is -1.20. The zero-order chi connectivity index (χ0) is 26.0. The summed E-state index contributed by atoms with van der Waals surface area (Å²) in [5.74, 6) is 0. The second-order valence-corrected chi connectivity index (χ2v) is 16.9. The molecule has 0 spiro atoms. The van der Waals surface area contributed by atoms with E-state index in [0.29, 0.717) is 17.6 Å². The Kier molecular flexibility index (Phi) is 7.29.